The molecular weight excluding hydrogens is 238 g/mol. The fourth-order valence-electron chi connectivity index (χ4n) is 1.80. The van der Waals surface area contributed by atoms with E-state index in [2.05, 4.69) is 46.0 Å². The van der Waals surface area contributed by atoms with Crippen molar-refractivity contribution < 1.29 is 0 Å². The molecule has 0 spiro atoms. The smallest absolute Gasteiger partial charge is 0.0960 e. The van der Waals surface area contributed by atoms with E-state index in [0.29, 0.717) is 6.04 Å². The second-order valence-electron chi connectivity index (χ2n) is 4.94. The molecule has 3 heteroatoms. The van der Waals surface area contributed by atoms with Crippen LogP contribution in [0.3, 0.4) is 0 Å². The van der Waals surface area contributed by atoms with Crippen LogP contribution in [0.1, 0.15) is 50.6 Å². The molecule has 1 nitrogen and oxygen atoms in total. The summed E-state index contributed by atoms with van der Waals surface area (Å²) in [7, 11) is 0. The highest BCUT2D eigenvalue weighted by Crippen LogP contribution is 2.41. The highest BCUT2D eigenvalue weighted by atomic mass is 35.5. The van der Waals surface area contributed by atoms with Gasteiger partial charge in [0.1, 0.15) is 0 Å². The van der Waals surface area contributed by atoms with Crippen LogP contribution in [0, 0.1) is 12.3 Å². The number of hydrogen-bond donors (Lipinski definition) is 1. The third-order valence-corrected chi connectivity index (χ3v) is 4.88. The maximum absolute atomic E-state index is 6.16. The van der Waals surface area contributed by atoms with Crippen LogP contribution in [0.2, 0.25) is 4.34 Å². The van der Waals surface area contributed by atoms with Gasteiger partial charge in [0, 0.05) is 10.9 Å². The van der Waals surface area contributed by atoms with Gasteiger partial charge < -0.3 is 5.32 Å². The predicted octanol–water partition coefficient (Wildman–Crippen LogP) is 4.80. The maximum atomic E-state index is 6.16. The van der Waals surface area contributed by atoms with Crippen LogP contribution in [-0.2, 0) is 0 Å². The number of aryl methyl sites for hydroxylation is 1. The van der Waals surface area contributed by atoms with E-state index in [1.165, 1.54) is 10.4 Å². The minimum atomic E-state index is 0.261. The van der Waals surface area contributed by atoms with E-state index < -0.39 is 0 Å². The van der Waals surface area contributed by atoms with E-state index in [-0.39, 0.29) is 5.41 Å². The molecular formula is C13H22ClNS. The standard InChI is InChI=1S/C13H22ClNS/c1-6-13(4,5)11(15-7-2)10-8-9(3)12(14)16-10/h8,11,15H,6-7H2,1-5H3. The number of nitrogens with one attached hydrogen (secondary N) is 1. The second kappa shape index (κ2) is 5.52. The number of halogens is 1. The summed E-state index contributed by atoms with van der Waals surface area (Å²) in [5.41, 5.74) is 1.45. The van der Waals surface area contributed by atoms with Gasteiger partial charge in [0.25, 0.3) is 0 Å². The van der Waals surface area contributed by atoms with Crippen LogP contribution in [-0.4, -0.2) is 6.54 Å². The van der Waals surface area contributed by atoms with Gasteiger partial charge in [-0.25, -0.2) is 0 Å². The lowest BCUT2D eigenvalue weighted by Crippen LogP contribution is -2.33. The molecule has 1 rings (SSSR count). The van der Waals surface area contributed by atoms with E-state index in [1.807, 2.05) is 0 Å². The lowest BCUT2D eigenvalue weighted by atomic mass is 9.81. The molecule has 0 bridgehead atoms. The number of rotatable bonds is 5. The van der Waals surface area contributed by atoms with Crippen LogP contribution >= 0.6 is 22.9 Å². The van der Waals surface area contributed by atoms with Gasteiger partial charge >= 0.3 is 0 Å². The van der Waals surface area contributed by atoms with Crippen LogP contribution in [0.5, 0.6) is 0 Å². The SMILES string of the molecule is CCNC(c1cc(C)c(Cl)s1)C(C)(C)CC. The van der Waals surface area contributed by atoms with Gasteiger partial charge in [-0.1, -0.05) is 39.3 Å². The molecule has 0 aliphatic heterocycles. The largest absolute Gasteiger partial charge is 0.309 e. The molecule has 0 saturated carbocycles. The molecule has 16 heavy (non-hydrogen) atoms. The summed E-state index contributed by atoms with van der Waals surface area (Å²) < 4.78 is 0.921. The van der Waals surface area contributed by atoms with Gasteiger partial charge in [0.2, 0.25) is 0 Å². The Hall–Kier alpha value is -0.0500. The maximum Gasteiger partial charge on any atom is 0.0960 e. The van der Waals surface area contributed by atoms with Gasteiger partial charge in [0.15, 0.2) is 0 Å². The highest BCUT2D eigenvalue weighted by molar-refractivity contribution is 7.16. The van der Waals surface area contributed by atoms with Crippen molar-refractivity contribution in [2.75, 3.05) is 6.54 Å². The van der Waals surface area contributed by atoms with Crippen molar-refractivity contribution in [2.24, 2.45) is 5.41 Å². The predicted molar refractivity (Wildman–Crippen MR) is 74.6 cm³/mol. The second-order valence-corrected chi connectivity index (χ2v) is 6.62. The Morgan fingerprint density at radius 1 is 1.44 bits per heavy atom. The van der Waals surface area contributed by atoms with Crippen LogP contribution < -0.4 is 5.32 Å². The molecule has 0 aromatic carbocycles. The van der Waals surface area contributed by atoms with Crippen LogP contribution in [0.25, 0.3) is 0 Å². The zero-order chi connectivity index (χ0) is 12.3. The van der Waals surface area contributed by atoms with Crippen molar-refractivity contribution in [3.05, 3.63) is 20.8 Å². The van der Waals surface area contributed by atoms with Crippen molar-refractivity contribution in [1.82, 2.24) is 5.32 Å². The Labute approximate surface area is 108 Å². The Kier molecular flexibility index (Phi) is 4.84. The molecule has 0 amide bonds. The first-order chi connectivity index (χ1) is 7.42. The van der Waals surface area contributed by atoms with Crippen molar-refractivity contribution in [2.45, 2.75) is 47.1 Å². The number of thiophene rings is 1. The summed E-state index contributed by atoms with van der Waals surface area (Å²) in [5, 5.41) is 3.58. The quantitative estimate of drug-likeness (QED) is 0.801. The Bertz CT molecular complexity index is 324. The normalized spacial score (nSPS) is 14.1. The van der Waals surface area contributed by atoms with Gasteiger partial charge in [0.05, 0.1) is 4.34 Å². The van der Waals surface area contributed by atoms with E-state index >= 15 is 0 Å². The average Bonchev–Trinajstić information content (AvgIpc) is 2.55. The Morgan fingerprint density at radius 2 is 2.06 bits per heavy atom. The van der Waals surface area contributed by atoms with Crippen molar-refractivity contribution in [3.63, 3.8) is 0 Å². The van der Waals surface area contributed by atoms with E-state index in [4.69, 9.17) is 11.6 Å². The summed E-state index contributed by atoms with van der Waals surface area (Å²) in [6, 6.07) is 2.62. The minimum absolute atomic E-state index is 0.261. The fraction of sp³-hybridized carbons (Fsp3) is 0.692. The highest BCUT2D eigenvalue weighted by Gasteiger charge is 2.29. The first-order valence-corrected chi connectivity index (χ1v) is 7.11. The molecule has 0 aliphatic rings. The summed E-state index contributed by atoms with van der Waals surface area (Å²) in [6.45, 7) is 12.1. The molecule has 1 aromatic heterocycles. The van der Waals surface area contributed by atoms with Gasteiger partial charge in [-0.3, -0.25) is 0 Å². The molecule has 92 valence electrons. The van der Waals surface area contributed by atoms with Crippen molar-refractivity contribution in [1.29, 1.82) is 0 Å². The van der Waals surface area contributed by atoms with Crippen molar-refractivity contribution in [3.8, 4) is 0 Å². The molecule has 1 aromatic rings. The lowest BCUT2D eigenvalue weighted by molar-refractivity contribution is 0.240. The molecule has 1 heterocycles. The topological polar surface area (TPSA) is 12.0 Å². The third-order valence-electron chi connectivity index (χ3n) is 3.26. The zero-order valence-corrected chi connectivity index (χ0v) is 12.4. The molecule has 1 N–H and O–H groups in total. The Balaban J connectivity index is 3.02. The van der Waals surface area contributed by atoms with E-state index in [0.717, 1.165) is 17.3 Å². The lowest BCUT2D eigenvalue weighted by Gasteiger charge is -2.33. The summed E-state index contributed by atoms with van der Waals surface area (Å²) in [4.78, 5) is 1.36. The molecule has 0 fully saturated rings. The fourth-order valence-corrected chi connectivity index (χ4v) is 3.30. The van der Waals surface area contributed by atoms with E-state index in [9.17, 15) is 0 Å². The first-order valence-electron chi connectivity index (χ1n) is 5.91. The molecule has 1 atom stereocenters. The van der Waals surface area contributed by atoms with Crippen molar-refractivity contribution >= 4 is 22.9 Å². The molecule has 0 aliphatic carbocycles. The third kappa shape index (κ3) is 2.99. The van der Waals surface area contributed by atoms with Crippen LogP contribution in [0.4, 0.5) is 0 Å². The first kappa shape index (κ1) is 14.0. The monoisotopic (exact) mass is 259 g/mol. The van der Waals surface area contributed by atoms with Gasteiger partial charge in [-0.15, -0.1) is 11.3 Å². The minimum Gasteiger partial charge on any atom is -0.309 e. The zero-order valence-electron chi connectivity index (χ0n) is 10.9. The summed E-state index contributed by atoms with van der Waals surface area (Å²) in [5.74, 6) is 0. The summed E-state index contributed by atoms with van der Waals surface area (Å²) in [6.07, 6.45) is 1.15. The molecule has 1 unspecified atom stereocenters. The van der Waals surface area contributed by atoms with Gasteiger partial charge in [-0.2, -0.15) is 0 Å². The molecule has 0 saturated heterocycles. The average molecular weight is 260 g/mol. The van der Waals surface area contributed by atoms with Gasteiger partial charge in [-0.05, 0) is 36.9 Å². The van der Waals surface area contributed by atoms with Crippen LogP contribution in [0.15, 0.2) is 6.07 Å². The number of hydrogen-bond acceptors (Lipinski definition) is 2. The Morgan fingerprint density at radius 3 is 2.44 bits per heavy atom. The van der Waals surface area contributed by atoms with E-state index in [1.54, 1.807) is 11.3 Å². The summed E-state index contributed by atoms with van der Waals surface area (Å²) >= 11 is 7.87. The molecule has 0 radical (unpaired) electrons.